The monoisotopic (exact) mass is 392 g/mol. The van der Waals surface area contributed by atoms with Gasteiger partial charge in [0.25, 0.3) is 11.8 Å². The van der Waals surface area contributed by atoms with E-state index in [0.29, 0.717) is 32.9 Å². The second-order valence-corrected chi connectivity index (χ2v) is 6.14. The van der Waals surface area contributed by atoms with Gasteiger partial charge in [0.2, 0.25) is 0 Å². The predicted octanol–water partition coefficient (Wildman–Crippen LogP) is 3.88. The molecule has 0 aromatic heterocycles. The lowest BCUT2D eigenvalue weighted by Crippen LogP contribution is -2.31. The number of rotatable bonds is 5. The topological polar surface area (TPSA) is 67.9 Å². The molecule has 8 heteroatoms. The Morgan fingerprint density at radius 1 is 0.923 bits per heavy atom. The van der Waals surface area contributed by atoms with E-state index in [2.05, 4.69) is 5.32 Å². The second-order valence-electron chi connectivity index (χ2n) is 5.33. The molecule has 2 aromatic rings. The number of benzene rings is 2. The van der Waals surface area contributed by atoms with E-state index in [9.17, 15) is 9.59 Å². The molecule has 26 heavy (non-hydrogen) atoms. The molecular weight excluding hydrogens is 379 g/mol. The minimum Gasteiger partial charge on any atom is -0.495 e. The highest BCUT2D eigenvalue weighted by atomic mass is 35.5. The van der Waals surface area contributed by atoms with Gasteiger partial charge in [-0.25, -0.2) is 4.90 Å². The first-order chi connectivity index (χ1) is 12.4. The van der Waals surface area contributed by atoms with E-state index in [4.69, 9.17) is 32.7 Å². The molecule has 0 aliphatic carbocycles. The number of imide groups is 1. The summed E-state index contributed by atoms with van der Waals surface area (Å²) in [5.41, 5.74) is 1.03. The van der Waals surface area contributed by atoms with Crippen LogP contribution in [0, 0.1) is 0 Å². The van der Waals surface area contributed by atoms with Crippen LogP contribution in [0.3, 0.4) is 0 Å². The molecule has 6 nitrogen and oxygen atoms in total. The quantitative estimate of drug-likeness (QED) is 0.781. The molecule has 0 fully saturated rings. The average molecular weight is 393 g/mol. The number of anilines is 2. The van der Waals surface area contributed by atoms with Gasteiger partial charge in [-0.15, -0.1) is 0 Å². The highest BCUT2D eigenvalue weighted by molar-refractivity contribution is 6.34. The van der Waals surface area contributed by atoms with Crippen molar-refractivity contribution >= 4 is 46.4 Å². The number of halogens is 2. The van der Waals surface area contributed by atoms with E-state index in [-0.39, 0.29) is 5.70 Å². The third kappa shape index (κ3) is 3.34. The summed E-state index contributed by atoms with van der Waals surface area (Å²) in [5.74, 6) is -0.00951. The fraction of sp³-hybridized carbons (Fsp3) is 0.111. The number of nitrogens with zero attached hydrogens (tertiary/aromatic N) is 1. The molecule has 0 saturated carbocycles. The number of nitrogens with one attached hydrogen (secondary N) is 1. The van der Waals surface area contributed by atoms with Gasteiger partial charge in [0.1, 0.15) is 17.2 Å². The van der Waals surface area contributed by atoms with Gasteiger partial charge in [0.05, 0.1) is 30.0 Å². The van der Waals surface area contributed by atoms with Crippen molar-refractivity contribution < 1.29 is 19.1 Å². The lowest BCUT2D eigenvalue weighted by atomic mass is 10.2. The molecule has 134 valence electrons. The molecule has 3 rings (SSSR count). The van der Waals surface area contributed by atoms with Crippen LogP contribution >= 0.6 is 23.2 Å². The maximum Gasteiger partial charge on any atom is 0.281 e. The zero-order valence-electron chi connectivity index (χ0n) is 13.9. The largest absolute Gasteiger partial charge is 0.495 e. The van der Waals surface area contributed by atoms with Crippen LogP contribution < -0.4 is 19.7 Å². The van der Waals surface area contributed by atoms with Gasteiger partial charge in [-0.05, 0) is 36.4 Å². The number of hydrogen-bond donors (Lipinski definition) is 1. The van der Waals surface area contributed by atoms with Crippen LogP contribution in [-0.2, 0) is 9.59 Å². The number of carbonyl (C=O) groups is 2. The summed E-state index contributed by atoms with van der Waals surface area (Å²) in [7, 11) is 2.99. The number of hydrogen-bond acceptors (Lipinski definition) is 5. The standard InChI is InChI=1S/C18H14Cl2N2O4/c1-25-15-5-3-10(7-12(15)19)21-14-9-17(23)22(18(14)24)11-4-6-16(26-2)13(20)8-11/h3-9,21H,1-2H3. The van der Waals surface area contributed by atoms with E-state index < -0.39 is 11.8 Å². The van der Waals surface area contributed by atoms with Crippen LogP contribution in [0.4, 0.5) is 11.4 Å². The van der Waals surface area contributed by atoms with Crippen molar-refractivity contribution in [2.45, 2.75) is 0 Å². The highest BCUT2D eigenvalue weighted by Gasteiger charge is 2.33. The van der Waals surface area contributed by atoms with Gasteiger partial charge in [0.15, 0.2) is 0 Å². The molecule has 1 heterocycles. The fourth-order valence-corrected chi connectivity index (χ4v) is 3.01. The molecule has 0 radical (unpaired) electrons. The summed E-state index contributed by atoms with van der Waals surface area (Å²) in [5, 5.41) is 3.58. The number of ether oxygens (including phenoxy) is 2. The van der Waals surface area contributed by atoms with Crippen LogP contribution in [0.2, 0.25) is 10.0 Å². The van der Waals surface area contributed by atoms with Crippen molar-refractivity contribution in [2.24, 2.45) is 0 Å². The van der Waals surface area contributed by atoms with Gasteiger partial charge in [-0.2, -0.15) is 0 Å². The van der Waals surface area contributed by atoms with E-state index in [1.54, 1.807) is 30.3 Å². The van der Waals surface area contributed by atoms with Crippen molar-refractivity contribution in [3.63, 3.8) is 0 Å². The molecule has 0 atom stereocenters. The van der Waals surface area contributed by atoms with Crippen molar-refractivity contribution in [2.75, 3.05) is 24.4 Å². The lowest BCUT2D eigenvalue weighted by Gasteiger charge is -2.16. The molecule has 0 saturated heterocycles. The SMILES string of the molecule is COc1ccc(NC2=CC(=O)N(c3ccc(OC)c(Cl)c3)C2=O)cc1Cl. The molecule has 1 N–H and O–H groups in total. The number of amides is 2. The summed E-state index contributed by atoms with van der Waals surface area (Å²) in [6, 6.07) is 9.63. The van der Waals surface area contributed by atoms with Gasteiger partial charge < -0.3 is 14.8 Å². The third-order valence-corrected chi connectivity index (χ3v) is 4.34. The maximum absolute atomic E-state index is 12.6. The number of carbonyl (C=O) groups excluding carboxylic acids is 2. The zero-order chi connectivity index (χ0) is 18.8. The molecule has 1 aliphatic rings. The highest BCUT2D eigenvalue weighted by Crippen LogP contribution is 2.32. The van der Waals surface area contributed by atoms with E-state index in [0.717, 1.165) is 4.90 Å². The molecule has 0 spiro atoms. The molecule has 2 aromatic carbocycles. The van der Waals surface area contributed by atoms with Gasteiger partial charge in [-0.3, -0.25) is 9.59 Å². The molecule has 0 unspecified atom stereocenters. The first kappa shape index (κ1) is 18.1. The minimum atomic E-state index is -0.497. The zero-order valence-corrected chi connectivity index (χ0v) is 15.4. The molecular formula is C18H14Cl2N2O4. The Balaban J connectivity index is 1.83. The predicted molar refractivity (Wildman–Crippen MR) is 100 cm³/mol. The summed E-state index contributed by atoms with van der Waals surface area (Å²) >= 11 is 12.2. The van der Waals surface area contributed by atoms with Crippen LogP contribution in [0.1, 0.15) is 0 Å². The van der Waals surface area contributed by atoms with Crippen LogP contribution in [-0.4, -0.2) is 26.0 Å². The van der Waals surface area contributed by atoms with Crippen LogP contribution in [0.15, 0.2) is 48.2 Å². The van der Waals surface area contributed by atoms with Crippen molar-refractivity contribution in [1.29, 1.82) is 0 Å². The Labute approximate surface area is 159 Å². The summed E-state index contributed by atoms with van der Waals surface area (Å²) in [6.45, 7) is 0. The first-order valence-electron chi connectivity index (χ1n) is 7.49. The van der Waals surface area contributed by atoms with Gasteiger partial charge >= 0.3 is 0 Å². The summed E-state index contributed by atoms with van der Waals surface area (Å²) in [4.78, 5) is 26.0. The van der Waals surface area contributed by atoms with Crippen LogP contribution in [0.25, 0.3) is 0 Å². The maximum atomic E-state index is 12.6. The first-order valence-corrected chi connectivity index (χ1v) is 8.24. The van der Waals surface area contributed by atoms with Crippen LogP contribution in [0.5, 0.6) is 11.5 Å². The van der Waals surface area contributed by atoms with Gasteiger partial charge in [0, 0.05) is 11.8 Å². The van der Waals surface area contributed by atoms with Crippen molar-refractivity contribution in [3.05, 3.63) is 58.2 Å². The minimum absolute atomic E-state index is 0.128. The van der Waals surface area contributed by atoms with E-state index in [1.165, 1.54) is 26.4 Å². The Bertz CT molecular complexity index is 927. The van der Waals surface area contributed by atoms with E-state index >= 15 is 0 Å². The van der Waals surface area contributed by atoms with Gasteiger partial charge in [-0.1, -0.05) is 23.2 Å². The summed E-state index contributed by atoms with van der Waals surface area (Å²) < 4.78 is 10.2. The Morgan fingerprint density at radius 3 is 2.12 bits per heavy atom. The number of methoxy groups -OCH3 is 2. The third-order valence-electron chi connectivity index (χ3n) is 3.75. The summed E-state index contributed by atoms with van der Waals surface area (Å²) in [6.07, 6.45) is 1.22. The normalized spacial score (nSPS) is 13.7. The Hall–Kier alpha value is -2.70. The van der Waals surface area contributed by atoms with Crippen molar-refractivity contribution in [1.82, 2.24) is 0 Å². The molecule has 1 aliphatic heterocycles. The lowest BCUT2D eigenvalue weighted by molar-refractivity contribution is -0.120. The smallest absolute Gasteiger partial charge is 0.281 e. The van der Waals surface area contributed by atoms with E-state index in [1.807, 2.05) is 0 Å². The Kier molecular flexibility index (Phi) is 5.06. The molecule has 0 bridgehead atoms. The van der Waals surface area contributed by atoms with Crippen molar-refractivity contribution in [3.8, 4) is 11.5 Å². The molecule has 2 amide bonds. The Morgan fingerprint density at radius 2 is 1.54 bits per heavy atom. The average Bonchev–Trinajstić information content (AvgIpc) is 2.88. The second kappa shape index (κ2) is 7.27. The fourth-order valence-electron chi connectivity index (χ4n) is 2.50.